The van der Waals surface area contributed by atoms with Gasteiger partial charge in [0, 0.05) is 32.2 Å². The lowest BCUT2D eigenvalue weighted by atomic mass is 9.83. The van der Waals surface area contributed by atoms with Crippen LogP contribution in [-0.2, 0) is 14.3 Å². The van der Waals surface area contributed by atoms with Crippen molar-refractivity contribution < 1.29 is 19.1 Å². The van der Waals surface area contributed by atoms with Crippen molar-refractivity contribution in [2.75, 3.05) is 45.8 Å². The molecular formula is C23H41N5O4. The molecule has 3 saturated heterocycles. The third kappa shape index (κ3) is 6.13. The van der Waals surface area contributed by atoms with E-state index < -0.39 is 11.1 Å². The molecule has 3 fully saturated rings. The summed E-state index contributed by atoms with van der Waals surface area (Å²) in [6, 6.07) is 0.0723. The number of hydrogen-bond acceptors (Lipinski definition) is 6. The number of nitrogens with zero attached hydrogens (tertiary/aromatic N) is 3. The molecule has 0 aromatic carbocycles. The average molecular weight is 452 g/mol. The Morgan fingerprint density at radius 2 is 1.62 bits per heavy atom. The fraction of sp³-hybridized carbons (Fsp3) is 0.870. The highest BCUT2D eigenvalue weighted by Gasteiger charge is 2.45. The molecule has 3 aliphatic heterocycles. The summed E-state index contributed by atoms with van der Waals surface area (Å²) in [5, 5.41) is 3.33. The van der Waals surface area contributed by atoms with E-state index in [1.165, 1.54) is 6.42 Å². The van der Waals surface area contributed by atoms with Crippen LogP contribution in [0.2, 0.25) is 0 Å². The second kappa shape index (κ2) is 10.4. The first-order chi connectivity index (χ1) is 15.1. The molecule has 0 aromatic heterocycles. The van der Waals surface area contributed by atoms with Crippen molar-refractivity contribution in [2.45, 2.75) is 82.9 Å². The molecule has 0 aromatic rings. The second-order valence-electron chi connectivity index (χ2n) is 10.5. The molecular weight excluding hydrogens is 410 g/mol. The molecule has 0 spiro atoms. The van der Waals surface area contributed by atoms with Crippen LogP contribution in [0.5, 0.6) is 0 Å². The van der Waals surface area contributed by atoms with Crippen molar-refractivity contribution in [2.24, 2.45) is 5.73 Å². The topological polar surface area (TPSA) is 108 Å². The number of nitrogens with one attached hydrogen (secondary N) is 1. The molecule has 1 atom stereocenters. The van der Waals surface area contributed by atoms with Gasteiger partial charge in [0.2, 0.25) is 11.8 Å². The first-order valence-corrected chi connectivity index (χ1v) is 12.1. The molecule has 0 bridgehead atoms. The van der Waals surface area contributed by atoms with E-state index in [1.54, 1.807) is 4.90 Å². The Morgan fingerprint density at radius 3 is 2.22 bits per heavy atom. The van der Waals surface area contributed by atoms with E-state index in [4.69, 9.17) is 10.5 Å². The van der Waals surface area contributed by atoms with E-state index in [2.05, 4.69) is 10.2 Å². The molecule has 9 heteroatoms. The van der Waals surface area contributed by atoms with Gasteiger partial charge in [0.1, 0.15) is 11.1 Å². The van der Waals surface area contributed by atoms with E-state index in [9.17, 15) is 14.4 Å². The Bertz CT molecular complexity index is 678. The van der Waals surface area contributed by atoms with Gasteiger partial charge in [-0.15, -0.1) is 0 Å². The van der Waals surface area contributed by atoms with Crippen LogP contribution in [0.25, 0.3) is 0 Å². The maximum atomic E-state index is 12.8. The first-order valence-electron chi connectivity index (χ1n) is 12.1. The van der Waals surface area contributed by atoms with Crippen molar-refractivity contribution in [3.8, 4) is 0 Å². The fourth-order valence-electron chi connectivity index (χ4n) is 5.15. The third-order valence-corrected chi connectivity index (χ3v) is 6.98. The molecule has 3 N–H and O–H groups in total. The first kappa shape index (κ1) is 24.8. The Hall–Kier alpha value is -1.87. The Morgan fingerprint density at radius 1 is 0.969 bits per heavy atom. The Labute approximate surface area is 192 Å². The molecule has 3 aliphatic rings. The van der Waals surface area contributed by atoms with Gasteiger partial charge in [-0.25, -0.2) is 4.79 Å². The summed E-state index contributed by atoms with van der Waals surface area (Å²) in [4.78, 5) is 43.4. The lowest BCUT2D eigenvalue weighted by Gasteiger charge is -2.48. The summed E-state index contributed by atoms with van der Waals surface area (Å²) in [5.41, 5.74) is 4.72. The van der Waals surface area contributed by atoms with Crippen LogP contribution < -0.4 is 11.1 Å². The van der Waals surface area contributed by atoms with Crippen molar-refractivity contribution >= 4 is 17.9 Å². The summed E-state index contributed by atoms with van der Waals surface area (Å²) in [7, 11) is 0. The lowest BCUT2D eigenvalue weighted by molar-refractivity contribution is -0.141. The number of piperidine rings is 3. The predicted octanol–water partition coefficient (Wildman–Crippen LogP) is 1.31. The minimum atomic E-state index is -0.609. The summed E-state index contributed by atoms with van der Waals surface area (Å²) in [5.74, 6) is -0.217. The number of nitrogens with two attached hydrogens (primary N) is 1. The number of amides is 3. The van der Waals surface area contributed by atoms with Gasteiger partial charge in [0.25, 0.3) is 0 Å². The van der Waals surface area contributed by atoms with Gasteiger partial charge in [-0.1, -0.05) is 6.42 Å². The molecule has 0 aliphatic carbocycles. The molecule has 0 unspecified atom stereocenters. The second-order valence-corrected chi connectivity index (χ2v) is 10.5. The molecule has 32 heavy (non-hydrogen) atoms. The maximum absolute atomic E-state index is 12.8. The number of primary amides is 1. The molecule has 9 nitrogen and oxygen atoms in total. The summed E-state index contributed by atoms with van der Waals surface area (Å²) in [6.45, 7) is 9.97. The smallest absolute Gasteiger partial charge is 0.410 e. The molecule has 182 valence electrons. The average Bonchev–Trinajstić information content (AvgIpc) is 2.77. The van der Waals surface area contributed by atoms with E-state index >= 15 is 0 Å². The monoisotopic (exact) mass is 451 g/mol. The number of hydrogen-bond donors (Lipinski definition) is 2. The van der Waals surface area contributed by atoms with Crippen LogP contribution in [0.1, 0.15) is 65.7 Å². The quantitative estimate of drug-likeness (QED) is 0.652. The largest absolute Gasteiger partial charge is 0.444 e. The molecule has 3 rings (SSSR count). The van der Waals surface area contributed by atoms with Crippen LogP contribution in [-0.4, -0.2) is 95.6 Å². The highest BCUT2D eigenvalue weighted by Crippen LogP contribution is 2.31. The van der Waals surface area contributed by atoms with E-state index in [-0.39, 0.29) is 30.5 Å². The Balaban J connectivity index is 1.46. The number of rotatable bonds is 5. The summed E-state index contributed by atoms with van der Waals surface area (Å²) >= 11 is 0. The van der Waals surface area contributed by atoms with Gasteiger partial charge < -0.3 is 25.6 Å². The fourth-order valence-corrected chi connectivity index (χ4v) is 5.15. The van der Waals surface area contributed by atoms with Crippen LogP contribution in [0.4, 0.5) is 4.79 Å². The van der Waals surface area contributed by atoms with Crippen molar-refractivity contribution in [1.29, 1.82) is 0 Å². The van der Waals surface area contributed by atoms with Crippen molar-refractivity contribution in [3.05, 3.63) is 0 Å². The van der Waals surface area contributed by atoms with Crippen molar-refractivity contribution in [3.63, 3.8) is 0 Å². The zero-order valence-corrected chi connectivity index (χ0v) is 20.0. The number of likely N-dealkylation sites (tertiary alicyclic amines) is 3. The number of carbonyl (C=O) groups is 3. The molecule has 3 heterocycles. The van der Waals surface area contributed by atoms with Gasteiger partial charge in [0.05, 0.1) is 6.54 Å². The molecule has 0 radical (unpaired) electrons. The zero-order chi connectivity index (χ0) is 23.4. The van der Waals surface area contributed by atoms with Gasteiger partial charge in [-0.3, -0.25) is 14.5 Å². The van der Waals surface area contributed by atoms with Gasteiger partial charge in [-0.05, 0) is 72.4 Å². The SMILES string of the molecule is CC(C)(C)OC(=O)N1CCC[C@@H](NCC(=O)N2CCC(C(N)=O)(N3CCCCC3)CC2)C1. The van der Waals surface area contributed by atoms with Crippen molar-refractivity contribution in [1.82, 2.24) is 20.0 Å². The molecule has 0 saturated carbocycles. The van der Waals surface area contributed by atoms with Gasteiger partial charge in [-0.2, -0.15) is 0 Å². The minimum absolute atomic E-state index is 0.0381. The van der Waals surface area contributed by atoms with Crippen LogP contribution >= 0.6 is 0 Å². The highest BCUT2D eigenvalue weighted by atomic mass is 16.6. The van der Waals surface area contributed by atoms with Gasteiger partial charge >= 0.3 is 6.09 Å². The standard InChI is InChI=1S/C23H41N5O4/c1-22(2,3)32-21(31)27-11-7-8-18(17-27)25-16-19(29)26-14-9-23(10-15-26,20(24)30)28-12-5-4-6-13-28/h18,25H,4-17H2,1-3H3,(H2,24,30)/t18-/m1/s1. The van der Waals surface area contributed by atoms with Gasteiger partial charge in [0.15, 0.2) is 0 Å². The minimum Gasteiger partial charge on any atom is -0.444 e. The van der Waals surface area contributed by atoms with Crippen LogP contribution in [0.3, 0.4) is 0 Å². The van der Waals surface area contributed by atoms with Crippen LogP contribution in [0, 0.1) is 0 Å². The van der Waals surface area contributed by atoms with E-state index in [1.807, 2.05) is 25.7 Å². The Kier molecular flexibility index (Phi) is 8.03. The molecule has 3 amide bonds. The normalized spacial score (nSPS) is 24.8. The highest BCUT2D eigenvalue weighted by molar-refractivity contribution is 5.85. The number of ether oxygens (including phenoxy) is 1. The van der Waals surface area contributed by atoms with E-state index in [0.717, 1.165) is 38.8 Å². The summed E-state index contributed by atoms with van der Waals surface area (Å²) in [6.07, 6.45) is 6.11. The number of carbonyl (C=O) groups excluding carboxylic acids is 3. The zero-order valence-electron chi connectivity index (χ0n) is 20.0. The van der Waals surface area contributed by atoms with E-state index in [0.29, 0.717) is 39.0 Å². The van der Waals surface area contributed by atoms with Crippen LogP contribution in [0.15, 0.2) is 0 Å². The third-order valence-electron chi connectivity index (χ3n) is 6.98. The lowest BCUT2D eigenvalue weighted by Crippen LogP contribution is -2.64. The predicted molar refractivity (Wildman–Crippen MR) is 122 cm³/mol. The maximum Gasteiger partial charge on any atom is 0.410 e. The summed E-state index contributed by atoms with van der Waals surface area (Å²) < 4.78 is 5.48.